The highest BCUT2D eigenvalue weighted by atomic mass is 16.2. The van der Waals surface area contributed by atoms with Crippen molar-refractivity contribution >= 4 is 11.8 Å². The molecule has 3 fully saturated rings. The summed E-state index contributed by atoms with van der Waals surface area (Å²) in [4.78, 5) is 29.3. The molecule has 1 atom stereocenters. The number of likely N-dealkylation sites (tertiary alicyclic amines) is 2. The predicted molar refractivity (Wildman–Crippen MR) is 85.4 cm³/mol. The third kappa shape index (κ3) is 3.14. The van der Waals surface area contributed by atoms with Crippen molar-refractivity contribution in [2.24, 2.45) is 0 Å². The summed E-state index contributed by atoms with van der Waals surface area (Å²) >= 11 is 0. The van der Waals surface area contributed by atoms with Crippen molar-refractivity contribution in [3.05, 3.63) is 0 Å². The molecule has 2 heterocycles. The monoisotopic (exact) mass is 307 g/mol. The molecule has 0 aromatic heterocycles. The van der Waals surface area contributed by atoms with Gasteiger partial charge in [0, 0.05) is 25.6 Å². The van der Waals surface area contributed by atoms with Gasteiger partial charge in [-0.1, -0.05) is 12.8 Å². The highest BCUT2D eigenvalue weighted by Crippen LogP contribution is 2.31. The van der Waals surface area contributed by atoms with Crippen molar-refractivity contribution in [2.45, 2.75) is 69.9 Å². The molecule has 3 aliphatic rings. The Morgan fingerprint density at radius 1 is 1.18 bits per heavy atom. The molecule has 1 aliphatic carbocycles. The molecular formula is C17H29N3O2. The summed E-state index contributed by atoms with van der Waals surface area (Å²) < 4.78 is 0. The molecule has 5 heteroatoms. The van der Waals surface area contributed by atoms with Crippen LogP contribution in [-0.4, -0.2) is 59.4 Å². The molecule has 0 radical (unpaired) electrons. The number of amides is 2. The maximum atomic E-state index is 12.8. The van der Waals surface area contributed by atoms with Crippen LogP contribution >= 0.6 is 0 Å². The summed E-state index contributed by atoms with van der Waals surface area (Å²) in [5.41, 5.74) is -0.639. The zero-order chi connectivity index (χ0) is 15.6. The van der Waals surface area contributed by atoms with Gasteiger partial charge in [0.2, 0.25) is 11.8 Å². The van der Waals surface area contributed by atoms with Gasteiger partial charge in [-0.2, -0.15) is 0 Å². The minimum atomic E-state index is -0.639. The topological polar surface area (TPSA) is 52.7 Å². The maximum Gasteiger partial charge on any atom is 0.245 e. The Labute approximate surface area is 133 Å². The Bertz CT molecular complexity index is 428. The van der Waals surface area contributed by atoms with Crippen LogP contribution in [0.3, 0.4) is 0 Å². The van der Waals surface area contributed by atoms with E-state index in [1.54, 1.807) is 0 Å². The van der Waals surface area contributed by atoms with E-state index in [9.17, 15) is 9.59 Å². The number of carbonyl (C=O) groups is 2. The van der Waals surface area contributed by atoms with Crippen LogP contribution in [0.15, 0.2) is 0 Å². The first kappa shape index (κ1) is 15.8. The largest absolute Gasteiger partial charge is 0.351 e. The molecule has 0 spiro atoms. The molecule has 22 heavy (non-hydrogen) atoms. The molecule has 2 saturated heterocycles. The number of rotatable bonds is 5. The van der Waals surface area contributed by atoms with Gasteiger partial charge >= 0.3 is 0 Å². The quantitative estimate of drug-likeness (QED) is 0.838. The molecule has 124 valence electrons. The van der Waals surface area contributed by atoms with Crippen molar-refractivity contribution < 1.29 is 9.59 Å². The molecule has 2 amide bonds. The van der Waals surface area contributed by atoms with Crippen molar-refractivity contribution in [3.8, 4) is 0 Å². The Morgan fingerprint density at radius 2 is 1.86 bits per heavy atom. The number of carbonyl (C=O) groups excluding carboxylic acids is 2. The van der Waals surface area contributed by atoms with Gasteiger partial charge < -0.3 is 15.1 Å². The first-order valence-electron chi connectivity index (χ1n) is 8.93. The summed E-state index contributed by atoms with van der Waals surface area (Å²) in [6.45, 7) is 5.80. The second-order valence-corrected chi connectivity index (χ2v) is 7.32. The highest BCUT2D eigenvalue weighted by Gasteiger charge is 2.47. The van der Waals surface area contributed by atoms with E-state index < -0.39 is 5.54 Å². The van der Waals surface area contributed by atoms with Crippen LogP contribution in [0.5, 0.6) is 0 Å². The second-order valence-electron chi connectivity index (χ2n) is 7.32. The van der Waals surface area contributed by atoms with Crippen molar-refractivity contribution in [1.29, 1.82) is 0 Å². The first-order chi connectivity index (χ1) is 10.6. The number of hydrogen-bond donors (Lipinski definition) is 1. The average molecular weight is 307 g/mol. The third-order valence-corrected chi connectivity index (χ3v) is 5.74. The molecule has 1 saturated carbocycles. The molecule has 0 aromatic carbocycles. The van der Waals surface area contributed by atoms with Gasteiger partial charge in [-0.05, 0) is 52.1 Å². The SMILES string of the molecule is CC1(C(=O)NC2CCCC2)CCC(=O)N1CCN1CCCC1. The van der Waals surface area contributed by atoms with Crippen molar-refractivity contribution in [1.82, 2.24) is 15.1 Å². The van der Waals surface area contributed by atoms with E-state index in [0.717, 1.165) is 32.5 Å². The molecule has 2 aliphatic heterocycles. The predicted octanol–water partition coefficient (Wildman–Crippen LogP) is 1.52. The Kier molecular flexibility index (Phi) is 4.71. The van der Waals surface area contributed by atoms with Gasteiger partial charge in [0.25, 0.3) is 0 Å². The Morgan fingerprint density at radius 3 is 2.55 bits per heavy atom. The Hall–Kier alpha value is -1.10. The van der Waals surface area contributed by atoms with Crippen molar-refractivity contribution in [3.63, 3.8) is 0 Å². The van der Waals surface area contributed by atoms with Gasteiger partial charge in [0.15, 0.2) is 0 Å². The molecule has 0 aromatic rings. The fourth-order valence-corrected chi connectivity index (χ4v) is 4.16. The number of hydrogen-bond acceptors (Lipinski definition) is 3. The van der Waals surface area contributed by atoms with Crippen LogP contribution in [0.25, 0.3) is 0 Å². The molecular weight excluding hydrogens is 278 g/mol. The maximum absolute atomic E-state index is 12.8. The lowest BCUT2D eigenvalue weighted by Gasteiger charge is -2.35. The average Bonchev–Trinajstić information content (AvgIpc) is 3.21. The normalized spacial score (nSPS) is 30.4. The Balaban J connectivity index is 1.60. The zero-order valence-corrected chi connectivity index (χ0v) is 13.8. The third-order valence-electron chi connectivity index (χ3n) is 5.74. The van der Waals surface area contributed by atoms with Crippen LogP contribution < -0.4 is 5.32 Å². The lowest BCUT2D eigenvalue weighted by Crippen LogP contribution is -2.57. The molecule has 3 rings (SSSR count). The summed E-state index contributed by atoms with van der Waals surface area (Å²) in [5.74, 6) is 0.204. The van der Waals surface area contributed by atoms with E-state index in [1.165, 1.54) is 25.7 Å². The van der Waals surface area contributed by atoms with Crippen LogP contribution in [0.2, 0.25) is 0 Å². The molecule has 1 N–H and O–H groups in total. The second kappa shape index (κ2) is 6.57. The van der Waals surface area contributed by atoms with Gasteiger partial charge in [-0.25, -0.2) is 0 Å². The molecule has 5 nitrogen and oxygen atoms in total. The van der Waals surface area contributed by atoms with Crippen LogP contribution in [0.1, 0.15) is 58.3 Å². The highest BCUT2D eigenvalue weighted by molar-refractivity contribution is 5.94. The fourth-order valence-electron chi connectivity index (χ4n) is 4.16. The summed E-state index contributed by atoms with van der Waals surface area (Å²) in [6, 6.07) is 0.320. The van der Waals surface area contributed by atoms with E-state index in [2.05, 4.69) is 10.2 Å². The van der Waals surface area contributed by atoms with Gasteiger partial charge in [-0.3, -0.25) is 9.59 Å². The van der Waals surface area contributed by atoms with E-state index in [1.807, 2.05) is 11.8 Å². The van der Waals surface area contributed by atoms with E-state index in [0.29, 0.717) is 25.4 Å². The summed E-state index contributed by atoms with van der Waals surface area (Å²) in [5, 5.41) is 3.19. The van der Waals surface area contributed by atoms with Gasteiger partial charge in [0.1, 0.15) is 5.54 Å². The lowest BCUT2D eigenvalue weighted by atomic mass is 9.97. The van der Waals surface area contributed by atoms with Crippen LogP contribution in [0, 0.1) is 0 Å². The van der Waals surface area contributed by atoms with E-state index >= 15 is 0 Å². The minimum Gasteiger partial charge on any atom is -0.351 e. The number of nitrogens with one attached hydrogen (secondary N) is 1. The smallest absolute Gasteiger partial charge is 0.245 e. The van der Waals surface area contributed by atoms with Gasteiger partial charge in [-0.15, -0.1) is 0 Å². The van der Waals surface area contributed by atoms with E-state index in [-0.39, 0.29) is 11.8 Å². The van der Waals surface area contributed by atoms with Crippen LogP contribution in [-0.2, 0) is 9.59 Å². The lowest BCUT2D eigenvalue weighted by molar-refractivity contribution is -0.141. The van der Waals surface area contributed by atoms with E-state index in [4.69, 9.17) is 0 Å². The standard InChI is InChI=1S/C17H29N3O2/c1-17(16(22)18-14-6-2-3-7-14)9-8-15(21)20(17)13-12-19-10-4-5-11-19/h14H,2-13H2,1H3,(H,18,22). The minimum absolute atomic E-state index is 0.0617. The molecule has 1 unspecified atom stereocenters. The first-order valence-corrected chi connectivity index (χ1v) is 8.93. The van der Waals surface area contributed by atoms with Gasteiger partial charge in [0.05, 0.1) is 0 Å². The number of nitrogens with zero attached hydrogens (tertiary/aromatic N) is 2. The summed E-state index contributed by atoms with van der Waals surface area (Å²) in [6.07, 6.45) is 8.27. The molecule has 0 bridgehead atoms. The summed E-state index contributed by atoms with van der Waals surface area (Å²) in [7, 11) is 0. The zero-order valence-electron chi connectivity index (χ0n) is 13.8. The van der Waals surface area contributed by atoms with Crippen molar-refractivity contribution in [2.75, 3.05) is 26.2 Å². The van der Waals surface area contributed by atoms with Crippen LogP contribution in [0.4, 0.5) is 0 Å². The fraction of sp³-hybridized carbons (Fsp3) is 0.882.